The third-order valence-corrected chi connectivity index (χ3v) is 9.25. The van der Waals surface area contributed by atoms with E-state index in [2.05, 4.69) is 13.8 Å². The van der Waals surface area contributed by atoms with Crippen molar-refractivity contribution in [3.8, 4) is 0 Å². The van der Waals surface area contributed by atoms with Crippen molar-refractivity contribution < 1.29 is 31.9 Å². The molecular formula is C32H40B2F4O3. The van der Waals surface area contributed by atoms with E-state index in [0.29, 0.717) is 23.0 Å². The molecule has 0 amide bonds. The molecule has 0 N–H and O–H groups in total. The van der Waals surface area contributed by atoms with Crippen LogP contribution in [0.2, 0.25) is 0 Å². The summed E-state index contributed by atoms with van der Waals surface area (Å²) in [7, 11) is -1.29. The highest BCUT2D eigenvalue weighted by molar-refractivity contribution is 6.87. The van der Waals surface area contributed by atoms with Crippen LogP contribution in [-0.2, 0) is 4.74 Å². The Morgan fingerprint density at radius 2 is 1.00 bits per heavy atom. The summed E-state index contributed by atoms with van der Waals surface area (Å²) in [4.78, 5) is 24.7. The van der Waals surface area contributed by atoms with Gasteiger partial charge in [0.25, 0.3) is 26.3 Å². The van der Waals surface area contributed by atoms with E-state index in [1.807, 2.05) is 0 Å². The fourth-order valence-electron chi connectivity index (χ4n) is 6.96. The predicted molar refractivity (Wildman–Crippen MR) is 157 cm³/mol. The summed E-state index contributed by atoms with van der Waals surface area (Å²) in [6.45, 7) is 4.29. The normalized spacial score (nSPS) is 22.7. The Labute approximate surface area is 242 Å². The van der Waals surface area contributed by atoms with Crippen LogP contribution >= 0.6 is 0 Å². The van der Waals surface area contributed by atoms with Crippen LogP contribution < -0.4 is 10.9 Å². The summed E-state index contributed by atoms with van der Waals surface area (Å²) in [6.07, 6.45) is 11.7. The summed E-state index contributed by atoms with van der Waals surface area (Å²) in [5.41, 5.74) is 0.221. The van der Waals surface area contributed by atoms with Gasteiger partial charge in [-0.2, -0.15) is 0 Å². The topological polar surface area (TPSA) is 43.4 Å². The van der Waals surface area contributed by atoms with Gasteiger partial charge in [0, 0.05) is 0 Å². The molecule has 41 heavy (non-hydrogen) atoms. The van der Waals surface area contributed by atoms with E-state index < -0.39 is 49.6 Å². The van der Waals surface area contributed by atoms with Crippen molar-refractivity contribution in [2.75, 3.05) is 0 Å². The zero-order chi connectivity index (χ0) is 29.5. The van der Waals surface area contributed by atoms with E-state index >= 15 is 0 Å². The number of carbonyl (C=O) groups excluding carboxylic acids is 2. The molecule has 2 aromatic rings. The van der Waals surface area contributed by atoms with Gasteiger partial charge in [-0.1, -0.05) is 63.8 Å². The Kier molecular flexibility index (Phi) is 11.1. The standard InChI is InChI=1S/C32H40B2F4O3/c1-3-5-19-7-11-21(12-8-19)23-15-17-25(29(37)27(23)35)33-31(39)41-32(40)34-26-18-16-24(28(36)30(26)38)22-13-9-20(6-4-2)10-14-22/h15-22,33-34H,3-14H2,1-2H3. The first kappa shape index (κ1) is 31.4. The Hall–Kier alpha value is -2.57. The maximum Gasteiger partial charge on any atom is 0.297 e. The molecule has 4 rings (SSSR count). The summed E-state index contributed by atoms with van der Waals surface area (Å²) < 4.78 is 64.3. The van der Waals surface area contributed by atoms with E-state index in [1.54, 1.807) is 0 Å². The van der Waals surface area contributed by atoms with E-state index in [0.717, 1.165) is 77.0 Å². The SMILES string of the molecule is CCCC1CCC(c2ccc(BC(=O)OC(=O)Bc3ccc(C4CCC(CCC)CC4)c(F)c3F)c(F)c2F)CC1. The third-order valence-electron chi connectivity index (χ3n) is 9.25. The summed E-state index contributed by atoms with van der Waals surface area (Å²) in [6, 6.07) is 5.76. The molecule has 0 heterocycles. The zero-order valence-electron chi connectivity index (χ0n) is 24.3. The summed E-state index contributed by atoms with van der Waals surface area (Å²) >= 11 is 0. The molecular weight excluding hydrogens is 530 g/mol. The fraction of sp³-hybridized carbons (Fsp3) is 0.562. The summed E-state index contributed by atoms with van der Waals surface area (Å²) in [5, 5.41) is 0. The Balaban J connectivity index is 1.32. The van der Waals surface area contributed by atoms with Crippen molar-refractivity contribution in [2.45, 2.75) is 103 Å². The molecule has 220 valence electrons. The monoisotopic (exact) mass is 570 g/mol. The van der Waals surface area contributed by atoms with Gasteiger partial charge in [0.1, 0.15) is 0 Å². The number of rotatable bonds is 10. The lowest BCUT2D eigenvalue weighted by molar-refractivity contribution is 0.184. The molecule has 2 aliphatic rings. The van der Waals surface area contributed by atoms with Crippen LogP contribution in [0.5, 0.6) is 0 Å². The predicted octanol–water partition coefficient (Wildman–Crippen LogP) is 7.47. The quantitative estimate of drug-likeness (QED) is 0.169. The molecule has 2 fully saturated rings. The largest absolute Gasteiger partial charge is 0.410 e. The lowest BCUT2D eigenvalue weighted by Crippen LogP contribution is -2.34. The highest BCUT2D eigenvalue weighted by atomic mass is 19.2. The van der Waals surface area contributed by atoms with Crippen molar-refractivity contribution in [3.63, 3.8) is 0 Å². The average Bonchev–Trinajstić information content (AvgIpc) is 2.95. The van der Waals surface area contributed by atoms with Gasteiger partial charge in [-0.3, -0.25) is 9.59 Å². The highest BCUT2D eigenvalue weighted by Crippen LogP contribution is 2.39. The molecule has 0 saturated heterocycles. The van der Waals surface area contributed by atoms with Gasteiger partial charge in [-0.05, 0) is 97.1 Å². The Morgan fingerprint density at radius 1 is 0.634 bits per heavy atom. The summed E-state index contributed by atoms with van der Waals surface area (Å²) in [5.74, 6) is -5.16. The van der Waals surface area contributed by atoms with Gasteiger partial charge >= 0.3 is 0 Å². The average molecular weight is 570 g/mol. The van der Waals surface area contributed by atoms with Gasteiger partial charge in [-0.25, -0.2) is 17.6 Å². The fourth-order valence-corrected chi connectivity index (χ4v) is 6.96. The second-order valence-corrected chi connectivity index (χ2v) is 12.1. The third kappa shape index (κ3) is 7.84. The maximum atomic E-state index is 14.9. The second kappa shape index (κ2) is 14.6. The molecule has 0 aromatic heterocycles. The first-order chi connectivity index (χ1) is 19.7. The van der Waals surface area contributed by atoms with E-state index in [4.69, 9.17) is 4.74 Å². The molecule has 2 aromatic carbocycles. The molecule has 9 heteroatoms. The van der Waals surface area contributed by atoms with Crippen LogP contribution in [0.15, 0.2) is 24.3 Å². The van der Waals surface area contributed by atoms with Gasteiger partial charge in [0.15, 0.2) is 23.3 Å². The highest BCUT2D eigenvalue weighted by Gasteiger charge is 2.29. The lowest BCUT2D eigenvalue weighted by atomic mass is 9.67. The minimum Gasteiger partial charge on any atom is -0.410 e. The molecule has 2 aliphatic carbocycles. The van der Waals surface area contributed by atoms with Crippen molar-refractivity contribution in [2.24, 2.45) is 11.8 Å². The van der Waals surface area contributed by atoms with Crippen LogP contribution in [0.1, 0.15) is 114 Å². The molecule has 3 nitrogen and oxygen atoms in total. The number of halogens is 4. The number of carbonyl (C=O) groups is 2. The van der Waals surface area contributed by atoms with Crippen molar-refractivity contribution >= 4 is 37.2 Å². The Bertz CT molecular complexity index is 1130. The van der Waals surface area contributed by atoms with Crippen LogP contribution in [-0.4, -0.2) is 26.3 Å². The van der Waals surface area contributed by atoms with Crippen molar-refractivity contribution in [3.05, 3.63) is 58.7 Å². The van der Waals surface area contributed by atoms with Gasteiger partial charge in [-0.15, -0.1) is 0 Å². The van der Waals surface area contributed by atoms with E-state index in [9.17, 15) is 27.2 Å². The van der Waals surface area contributed by atoms with Gasteiger partial charge in [0.2, 0.25) is 0 Å². The zero-order valence-corrected chi connectivity index (χ0v) is 24.3. The first-order valence-corrected chi connectivity index (χ1v) is 15.4. The minimum atomic E-state index is -1.12. The molecule has 0 aliphatic heterocycles. The molecule has 0 atom stereocenters. The second-order valence-electron chi connectivity index (χ2n) is 12.1. The number of hydrogen-bond acceptors (Lipinski definition) is 3. The van der Waals surface area contributed by atoms with Crippen molar-refractivity contribution in [1.29, 1.82) is 0 Å². The molecule has 0 bridgehead atoms. The van der Waals surface area contributed by atoms with Crippen LogP contribution in [0.3, 0.4) is 0 Å². The molecule has 2 saturated carbocycles. The Morgan fingerprint density at radius 3 is 1.34 bits per heavy atom. The molecule has 0 unspecified atom stereocenters. The van der Waals surface area contributed by atoms with Crippen molar-refractivity contribution in [1.82, 2.24) is 0 Å². The maximum absolute atomic E-state index is 14.9. The van der Waals surface area contributed by atoms with E-state index in [1.165, 1.54) is 24.3 Å². The smallest absolute Gasteiger partial charge is 0.297 e. The van der Waals surface area contributed by atoms with Gasteiger partial charge in [0.05, 0.1) is 0 Å². The number of benzene rings is 2. The van der Waals surface area contributed by atoms with Gasteiger partial charge < -0.3 is 4.74 Å². The van der Waals surface area contributed by atoms with Crippen LogP contribution in [0, 0.1) is 35.1 Å². The van der Waals surface area contributed by atoms with Crippen LogP contribution in [0.4, 0.5) is 27.2 Å². The van der Waals surface area contributed by atoms with E-state index in [-0.39, 0.29) is 22.8 Å². The first-order valence-electron chi connectivity index (χ1n) is 15.4. The minimum absolute atomic E-state index is 0.0575. The molecule has 0 radical (unpaired) electrons. The number of ether oxygens (including phenoxy) is 1. The van der Waals surface area contributed by atoms with Crippen LogP contribution in [0.25, 0.3) is 0 Å². The molecule has 0 spiro atoms. The lowest BCUT2D eigenvalue weighted by Gasteiger charge is -2.29. The number of hydrogen-bond donors (Lipinski definition) is 0.